The lowest BCUT2D eigenvalue weighted by atomic mass is 9.86. The molecule has 0 bridgehead atoms. The molecule has 1 aliphatic rings. The summed E-state index contributed by atoms with van der Waals surface area (Å²) in [6.07, 6.45) is 2.08. The van der Waals surface area contributed by atoms with E-state index in [0.29, 0.717) is 30.6 Å². The van der Waals surface area contributed by atoms with Gasteiger partial charge < -0.3 is 14.8 Å². The molecular weight excluding hydrogens is 436 g/mol. The molecule has 0 saturated carbocycles. The number of aryl methyl sites for hydroxylation is 1. The molecule has 1 atom stereocenters. The summed E-state index contributed by atoms with van der Waals surface area (Å²) in [5, 5.41) is 8.50. The average Bonchev–Trinajstić information content (AvgIpc) is 3.38. The molecule has 2 aromatic heterocycles. The van der Waals surface area contributed by atoms with Crippen LogP contribution in [0.25, 0.3) is 15.3 Å². The Labute approximate surface area is 195 Å². The van der Waals surface area contributed by atoms with Crippen molar-refractivity contribution in [2.24, 2.45) is 0 Å². The van der Waals surface area contributed by atoms with Crippen LogP contribution in [0.2, 0.25) is 0 Å². The summed E-state index contributed by atoms with van der Waals surface area (Å²) in [7, 11) is 0. The van der Waals surface area contributed by atoms with Gasteiger partial charge in [0.2, 0.25) is 11.0 Å². The van der Waals surface area contributed by atoms with Gasteiger partial charge >= 0.3 is 0 Å². The number of amides is 1. The van der Waals surface area contributed by atoms with Gasteiger partial charge in [0.05, 0.1) is 22.5 Å². The molecule has 168 valence electrons. The number of aromatic nitrogens is 3. The van der Waals surface area contributed by atoms with Crippen molar-refractivity contribution in [3.63, 3.8) is 0 Å². The highest BCUT2D eigenvalue weighted by molar-refractivity contribution is 7.20. The summed E-state index contributed by atoms with van der Waals surface area (Å²) in [6.45, 7) is 8.67. The van der Waals surface area contributed by atoms with Crippen molar-refractivity contribution in [3.05, 3.63) is 71.9 Å². The normalized spacial score (nSPS) is 15.2. The minimum absolute atomic E-state index is 0.0413. The van der Waals surface area contributed by atoms with E-state index in [-0.39, 0.29) is 11.8 Å². The van der Waals surface area contributed by atoms with Gasteiger partial charge in [-0.15, -0.1) is 0 Å². The van der Waals surface area contributed by atoms with Gasteiger partial charge in [-0.1, -0.05) is 36.1 Å². The first-order chi connectivity index (χ1) is 16.1. The number of nitrogens with one attached hydrogen (secondary N) is 1. The van der Waals surface area contributed by atoms with Gasteiger partial charge in [-0.3, -0.25) is 4.79 Å². The smallest absolute Gasteiger partial charge is 0.226 e. The number of thiazole rings is 1. The number of hydrogen-bond acceptors (Lipinski definition) is 6. The van der Waals surface area contributed by atoms with Crippen molar-refractivity contribution in [3.8, 4) is 16.6 Å². The van der Waals surface area contributed by atoms with Gasteiger partial charge in [-0.05, 0) is 49.7 Å². The molecule has 33 heavy (non-hydrogen) atoms. The Kier molecular flexibility index (Phi) is 5.60. The Morgan fingerprint density at radius 1 is 1.21 bits per heavy atom. The molecule has 1 N–H and O–H groups in total. The number of benzene rings is 2. The predicted octanol–water partition coefficient (Wildman–Crippen LogP) is 5.23. The van der Waals surface area contributed by atoms with Crippen molar-refractivity contribution in [1.82, 2.24) is 14.8 Å². The van der Waals surface area contributed by atoms with Gasteiger partial charge in [0.15, 0.2) is 0 Å². The Balaban J connectivity index is 1.54. The number of carbonyl (C=O) groups is 1. The highest BCUT2D eigenvalue weighted by Crippen LogP contribution is 2.41. The standard InChI is InChI=1S/C25H24N4O3S/c1-4-12-32-17-8-6-16(7-9-17)19-14-22(30)27-24-23(19)15(3)28-29(24)25-26-20-11-10-18(31-5-2)13-21(20)33-25/h4,6-11,13,19H,1,5,12,14H2,2-3H3,(H,27,30). The predicted molar refractivity (Wildman–Crippen MR) is 130 cm³/mol. The van der Waals surface area contributed by atoms with Crippen LogP contribution in [0.5, 0.6) is 11.5 Å². The second-order valence-corrected chi connectivity index (χ2v) is 8.80. The van der Waals surface area contributed by atoms with Crippen molar-refractivity contribution < 1.29 is 14.3 Å². The monoisotopic (exact) mass is 460 g/mol. The van der Waals surface area contributed by atoms with Crippen LogP contribution in [-0.2, 0) is 4.79 Å². The Morgan fingerprint density at radius 3 is 2.76 bits per heavy atom. The van der Waals surface area contributed by atoms with Crippen LogP contribution in [-0.4, -0.2) is 33.9 Å². The molecule has 0 aliphatic carbocycles. The molecule has 0 radical (unpaired) electrons. The maximum absolute atomic E-state index is 12.7. The molecule has 0 spiro atoms. The van der Waals surface area contributed by atoms with Crippen molar-refractivity contribution in [2.45, 2.75) is 26.2 Å². The molecule has 0 saturated heterocycles. The fraction of sp³-hybridized carbons (Fsp3) is 0.240. The first kappa shape index (κ1) is 21.2. The lowest BCUT2D eigenvalue weighted by molar-refractivity contribution is -0.116. The molecule has 1 aliphatic heterocycles. The first-order valence-corrected chi connectivity index (χ1v) is 11.7. The number of ether oxygens (including phenoxy) is 2. The summed E-state index contributed by atoms with van der Waals surface area (Å²) in [5.41, 5.74) is 3.80. The first-order valence-electron chi connectivity index (χ1n) is 10.8. The van der Waals surface area contributed by atoms with Gasteiger partial charge in [0.25, 0.3) is 0 Å². The maximum atomic E-state index is 12.7. The summed E-state index contributed by atoms with van der Waals surface area (Å²) in [5.74, 6) is 2.14. The number of carbonyl (C=O) groups excluding carboxylic acids is 1. The second kappa shape index (κ2) is 8.71. The summed E-state index contributed by atoms with van der Waals surface area (Å²) >= 11 is 1.52. The minimum Gasteiger partial charge on any atom is -0.494 e. The molecule has 7 nitrogen and oxygen atoms in total. The number of rotatable bonds is 7. The molecule has 5 rings (SSSR count). The lowest BCUT2D eigenvalue weighted by Gasteiger charge is -2.24. The summed E-state index contributed by atoms with van der Waals surface area (Å²) < 4.78 is 14.0. The zero-order valence-corrected chi connectivity index (χ0v) is 19.3. The van der Waals surface area contributed by atoms with Gasteiger partial charge in [-0.2, -0.15) is 9.78 Å². The maximum Gasteiger partial charge on any atom is 0.226 e. The summed E-state index contributed by atoms with van der Waals surface area (Å²) in [6, 6.07) is 13.7. The van der Waals surface area contributed by atoms with Crippen LogP contribution < -0.4 is 14.8 Å². The third kappa shape index (κ3) is 3.98. The zero-order valence-electron chi connectivity index (χ0n) is 18.5. The lowest BCUT2D eigenvalue weighted by Crippen LogP contribution is -2.24. The quantitative estimate of drug-likeness (QED) is 0.382. The van der Waals surface area contributed by atoms with E-state index >= 15 is 0 Å². The highest BCUT2D eigenvalue weighted by Gasteiger charge is 2.33. The van der Waals surface area contributed by atoms with E-state index in [1.165, 1.54) is 11.3 Å². The van der Waals surface area contributed by atoms with Crippen LogP contribution in [0.4, 0.5) is 5.82 Å². The molecule has 2 aromatic carbocycles. The van der Waals surface area contributed by atoms with Crippen molar-refractivity contribution >= 4 is 33.3 Å². The van der Waals surface area contributed by atoms with Gasteiger partial charge in [0.1, 0.15) is 23.9 Å². The molecular formula is C25H24N4O3S. The van der Waals surface area contributed by atoms with Crippen LogP contribution in [0, 0.1) is 6.92 Å². The van der Waals surface area contributed by atoms with E-state index < -0.39 is 0 Å². The van der Waals surface area contributed by atoms with E-state index in [9.17, 15) is 4.79 Å². The largest absolute Gasteiger partial charge is 0.494 e. The molecule has 3 heterocycles. The number of nitrogens with zero attached hydrogens (tertiary/aromatic N) is 3. The Hall–Kier alpha value is -3.65. The number of anilines is 1. The molecule has 1 unspecified atom stereocenters. The third-order valence-corrected chi connectivity index (χ3v) is 6.59. The third-order valence-electron chi connectivity index (χ3n) is 5.59. The molecule has 1 amide bonds. The molecule has 0 fully saturated rings. The molecule has 4 aromatic rings. The van der Waals surface area contributed by atoms with Gasteiger partial charge in [0, 0.05) is 17.9 Å². The van der Waals surface area contributed by atoms with Crippen molar-refractivity contribution in [2.75, 3.05) is 18.5 Å². The fourth-order valence-corrected chi connectivity index (χ4v) is 5.11. The highest BCUT2D eigenvalue weighted by atomic mass is 32.1. The second-order valence-electron chi connectivity index (χ2n) is 7.79. The van der Waals surface area contributed by atoms with Crippen LogP contribution >= 0.6 is 11.3 Å². The van der Waals surface area contributed by atoms with Crippen molar-refractivity contribution in [1.29, 1.82) is 0 Å². The Morgan fingerprint density at radius 2 is 2.00 bits per heavy atom. The van der Waals surface area contributed by atoms with Crippen LogP contribution in [0.1, 0.15) is 36.1 Å². The topological polar surface area (TPSA) is 78.3 Å². The van der Waals surface area contributed by atoms with E-state index in [1.54, 1.807) is 10.8 Å². The van der Waals surface area contributed by atoms with Crippen LogP contribution in [0.3, 0.4) is 0 Å². The average molecular weight is 461 g/mol. The number of hydrogen-bond donors (Lipinski definition) is 1. The Bertz CT molecular complexity index is 1340. The number of fused-ring (bicyclic) bond motifs is 2. The van der Waals surface area contributed by atoms with Crippen LogP contribution in [0.15, 0.2) is 55.1 Å². The van der Waals surface area contributed by atoms with E-state index in [4.69, 9.17) is 19.6 Å². The SMILES string of the molecule is C=CCOc1ccc(C2CC(=O)Nc3c2c(C)nn3-c2nc3ccc(OCC)cc3s2)cc1. The minimum atomic E-state index is -0.0881. The summed E-state index contributed by atoms with van der Waals surface area (Å²) in [4.78, 5) is 17.4. The molecule has 8 heteroatoms. The zero-order chi connectivity index (χ0) is 22.9. The van der Waals surface area contributed by atoms with Gasteiger partial charge in [-0.25, -0.2) is 4.98 Å². The van der Waals surface area contributed by atoms with E-state index in [1.807, 2.05) is 56.3 Å². The van der Waals surface area contributed by atoms with E-state index in [0.717, 1.165) is 38.5 Å². The fourth-order valence-electron chi connectivity index (χ4n) is 4.16. The van der Waals surface area contributed by atoms with E-state index in [2.05, 4.69) is 11.9 Å².